The summed E-state index contributed by atoms with van der Waals surface area (Å²) in [5.74, 6) is -1.24. The van der Waals surface area contributed by atoms with E-state index >= 15 is 0 Å². The molecule has 0 aliphatic carbocycles. The summed E-state index contributed by atoms with van der Waals surface area (Å²) in [7, 11) is 0. The van der Waals surface area contributed by atoms with Crippen molar-refractivity contribution in [3.05, 3.63) is 113 Å². The highest BCUT2D eigenvalue weighted by molar-refractivity contribution is 7.22. The molecule has 188 valence electrons. The number of rotatable bonds is 4. The molecule has 0 radical (unpaired) electrons. The second kappa shape index (κ2) is 9.23. The van der Waals surface area contributed by atoms with Crippen LogP contribution >= 0.6 is 11.3 Å². The number of fused-ring (bicyclic) bond motifs is 2. The molecule has 1 aliphatic rings. The Morgan fingerprint density at radius 3 is 2.50 bits per heavy atom. The summed E-state index contributed by atoms with van der Waals surface area (Å²) in [6, 6.07) is 26.2. The van der Waals surface area contributed by atoms with E-state index in [-0.39, 0.29) is 11.3 Å². The van der Waals surface area contributed by atoms with Crippen LogP contribution in [0.1, 0.15) is 48.1 Å². The van der Waals surface area contributed by atoms with Crippen molar-refractivity contribution in [2.24, 2.45) is 0 Å². The van der Waals surface area contributed by atoms with E-state index in [2.05, 4.69) is 19.9 Å². The highest BCUT2D eigenvalue weighted by Crippen LogP contribution is 2.45. The van der Waals surface area contributed by atoms with Gasteiger partial charge in [0.15, 0.2) is 5.13 Å². The van der Waals surface area contributed by atoms with Crippen LogP contribution in [0.25, 0.3) is 26.7 Å². The van der Waals surface area contributed by atoms with Crippen molar-refractivity contribution in [1.29, 1.82) is 0 Å². The quantitative estimate of drug-likeness (QED) is 0.152. The number of anilines is 1. The molecular formula is C32H26N2O3S. The molecule has 5 aromatic rings. The predicted octanol–water partition coefficient (Wildman–Crippen LogP) is 7.51. The Kier molecular flexibility index (Phi) is 5.84. The molecule has 1 fully saturated rings. The first-order valence-electron chi connectivity index (χ1n) is 12.6. The second-order valence-electron chi connectivity index (χ2n) is 9.99. The van der Waals surface area contributed by atoms with Crippen LogP contribution in [-0.4, -0.2) is 21.8 Å². The van der Waals surface area contributed by atoms with E-state index in [4.69, 9.17) is 4.98 Å². The fourth-order valence-corrected chi connectivity index (χ4v) is 6.19. The monoisotopic (exact) mass is 518 g/mol. The number of hydrogen-bond donors (Lipinski definition) is 1. The van der Waals surface area contributed by atoms with Crippen molar-refractivity contribution < 1.29 is 14.7 Å². The summed E-state index contributed by atoms with van der Waals surface area (Å²) in [6.45, 7) is 6.23. The summed E-state index contributed by atoms with van der Waals surface area (Å²) >= 11 is 1.38. The Labute approximate surface area is 224 Å². The van der Waals surface area contributed by atoms with Crippen molar-refractivity contribution in [3.63, 3.8) is 0 Å². The van der Waals surface area contributed by atoms with E-state index in [1.165, 1.54) is 21.8 Å². The molecule has 1 atom stereocenters. The standard InChI is InChI=1S/C32H26N2O3S/c1-18(2)21-14-15-25-26(17-21)38-32(33-25)34-28(22-11-6-8-19(3)16-22)27(30(36)31(34)37)29(35)24-13-7-10-20-9-4-5-12-23(20)24/h4-18,28,35H,1-3H3/b29-27+. The van der Waals surface area contributed by atoms with E-state index in [9.17, 15) is 14.7 Å². The smallest absolute Gasteiger partial charge is 0.301 e. The Morgan fingerprint density at radius 2 is 1.71 bits per heavy atom. The van der Waals surface area contributed by atoms with Crippen molar-refractivity contribution in [3.8, 4) is 0 Å². The maximum absolute atomic E-state index is 13.6. The number of amides is 1. The van der Waals surface area contributed by atoms with Crippen LogP contribution in [-0.2, 0) is 9.59 Å². The summed E-state index contributed by atoms with van der Waals surface area (Å²) in [6.07, 6.45) is 0. The molecule has 5 nitrogen and oxygen atoms in total. The lowest BCUT2D eigenvalue weighted by molar-refractivity contribution is -0.132. The molecule has 6 heteroatoms. The lowest BCUT2D eigenvalue weighted by atomic mass is 9.93. The number of aliphatic hydroxyl groups is 1. The van der Waals surface area contributed by atoms with Crippen LogP contribution in [0, 0.1) is 6.92 Å². The van der Waals surface area contributed by atoms with E-state index in [0.29, 0.717) is 16.6 Å². The average molecular weight is 519 g/mol. The number of Topliss-reactive ketones (excluding diaryl/α,β-unsaturated/α-hetero) is 1. The fourth-order valence-electron chi connectivity index (χ4n) is 5.15. The summed E-state index contributed by atoms with van der Waals surface area (Å²) < 4.78 is 0.949. The van der Waals surface area contributed by atoms with Gasteiger partial charge < -0.3 is 5.11 Å². The normalized spacial score (nSPS) is 17.3. The lowest BCUT2D eigenvalue weighted by Crippen LogP contribution is -2.29. The van der Waals surface area contributed by atoms with Gasteiger partial charge in [-0.2, -0.15) is 0 Å². The molecule has 6 rings (SSSR count). The summed E-state index contributed by atoms with van der Waals surface area (Å²) in [5.41, 5.74) is 4.27. The number of benzene rings is 4. The first-order valence-corrected chi connectivity index (χ1v) is 13.4. The third-order valence-electron chi connectivity index (χ3n) is 7.12. The molecule has 0 spiro atoms. The van der Waals surface area contributed by atoms with Gasteiger partial charge in [0.1, 0.15) is 5.76 Å². The van der Waals surface area contributed by atoms with Crippen molar-refractivity contribution >= 4 is 54.9 Å². The number of hydrogen-bond acceptors (Lipinski definition) is 5. The predicted molar refractivity (Wildman–Crippen MR) is 154 cm³/mol. The molecule has 1 unspecified atom stereocenters. The van der Waals surface area contributed by atoms with Crippen LogP contribution in [0.15, 0.2) is 90.5 Å². The maximum Gasteiger partial charge on any atom is 0.301 e. The van der Waals surface area contributed by atoms with Crippen molar-refractivity contribution in [2.75, 3.05) is 4.90 Å². The zero-order valence-corrected chi connectivity index (χ0v) is 22.1. The van der Waals surface area contributed by atoms with Crippen LogP contribution in [0.4, 0.5) is 5.13 Å². The molecule has 0 bridgehead atoms. The SMILES string of the molecule is Cc1cccc(C2/C(=C(\O)c3cccc4ccccc34)C(=O)C(=O)N2c2nc3ccc(C(C)C)cc3s2)c1. The first-order chi connectivity index (χ1) is 18.3. The Bertz CT molecular complexity index is 1780. The Balaban J connectivity index is 1.59. The minimum atomic E-state index is -0.806. The van der Waals surface area contributed by atoms with Gasteiger partial charge >= 0.3 is 5.91 Å². The molecule has 1 N–H and O–H groups in total. The number of thiazole rings is 1. The van der Waals surface area contributed by atoms with Crippen LogP contribution < -0.4 is 4.90 Å². The molecule has 0 saturated carbocycles. The van der Waals surface area contributed by atoms with Gasteiger partial charge in [-0.25, -0.2) is 4.98 Å². The third-order valence-corrected chi connectivity index (χ3v) is 8.14. The van der Waals surface area contributed by atoms with Crippen LogP contribution in [0.5, 0.6) is 0 Å². The Morgan fingerprint density at radius 1 is 0.947 bits per heavy atom. The maximum atomic E-state index is 13.6. The Hall–Kier alpha value is -4.29. The molecule has 1 aliphatic heterocycles. The first kappa shape index (κ1) is 24.1. The molecule has 1 aromatic heterocycles. The zero-order chi connectivity index (χ0) is 26.6. The number of ketones is 1. The van der Waals surface area contributed by atoms with Gasteiger partial charge in [-0.05, 0) is 46.9 Å². The van der Waals surface area contributed by atoms with Gasteiger partial charge in [0.05, 0.1) is 21.8 Å². The minimum absolute atomic E-state index is 0.0686. The molecule has 2 heterocycles. The van der Waals surface area contributed by atoms with Crippen LogP contribution in [0.3, 0.4) is 0 Å². The number of aliphatic hydroxyl groups excluding tert-OH is 1. The fraction of sp³-hybridized carbons (Fsp3) is 0.156. The number of nitrogens with zero attached hydrogens (tertiary/aromatic N) is 2. The van der Waals surface area contributed by atoms with Gasteiger partial charge in [0.25, 0.3) is 5.78 Å². The van der Waals surface area contributed by atoms with Gasteiger partial charge in [0, 0.05) is 5.56 Å². The number of carbonyl (C=O) groups excluding carboxylic acids is 2. The molecule has 1 saturated heterocycles. The largest absolute Gasteiger partial charge is 0.507 e. The molecule has 1 amide bonds. The second-order valence-corrected chi connectivity index (χ2v) is 11.0. The topological polar surface area (TPSA) is 70.5 Å². The van der Waals surface area contributed by atoms with Crippen molar-refractivity contribution in [1.82, 2.24) is 4.98 Å². The van der Waals surface area contributed by atoms with E-state index < -0.39 is 17.7 Å². The highest BCUT2D eigenvalue weighted by atomic mass is 32.1. The summed E-state index contributed by atoms with van der Waals surface area (Å²) in [5, 5.41) is 13.9. The van der Waals surface area contributed by atoms with Gasteiger partial charge in [-0.3, -0.25) is 14.5 Å². The van der Waals surface area contributed by atoms with Gasteiger partial charge in [-0.15, -0.1) is 0 Å². The van der Waals surface area contributed by atoms with E-state index in [1.54, 1.807) is 6.07 Å². The average Bonchev–Trinajstić information content (AvgIpc) is 3.45. The number of aryl methyl sites for hydroxylation is 1. The van der Waals surface area contributed by atoms with Crippen molar-refractivity contribution in [2.45, 2.75) is 32.7 Å². The number of aromatic nitrogens is 1. The third kappa shape index (κ3) is 3.89. The van der Waals surface area contributed by atoms with Gasteiger partial charge in [0.2, 0.25) is 0 Å². The minimum Gasteiger partial charge on any atom is -0.507 e. The summed E-state index contributed by atoms with van der Waals surface area (Å²) in [4.78, 5) is 33.5. The van der Waals surface area contributed by atoms with E-state index in [0.717, 1.165) is 32.1 Å². The molecule has 38 heavy (non-hydrogen) atoms. The molecule has 4 aromatic carbocycles. The lowest BCUT2D eigenvalue weighted by Gasteiger charge is -2.23. The number of carbonyl (C=O) groups is 2. The molecular weight excluding hydrogens is 492 g/mol. The van der Waals surface area contributed by atoms with E-state index in [1.807, 2.05) is 79.7 Å². The zero-order valence-electron chi connectivity index (χ0n) is 21.3. The van der Waals surface area contributed by atoms with Gasteiger partial charge in [-0.1, -0.05) is 104 Å². The van der Waals surface area contributed by atoms with Crippen LogP contribution in [0.2, 0.25) is 0 Å². The highest BCUT2D eigenvalue weighted by Gasteiger charge is 2.48.